The van der Waals surface area contributed by atoms with E-state index in [1.165, 1.54) is 6.07 Å². The fraction of sp³-hybridized carbons (Fsp3) is 0.111. The van der Waals surface area contributed by atoms with Crippen LogP contribution in [0.15, 0.2) is 28.2 Å². The molecule has 0 bridgehead atoms. The first-order valence-electron chi connectivity index (χ1n) is 4.33. The van der Waals surface area contributed by atoms with Gasteiger partial charge in [0.1, 0.15) is 11.6 Å². The number of hydrogen-bond donors (Lipinski definition) is 3. The van der Waals surface area contributed by atoms with Crippen molar-refractivity contribution in [1.29, 1.82) is 0 Å². The van der Waals surface area contributed by atoms with Gasteiger partial charge in [0.05, 0.1) is 6.54 Å². The summed E-state index contributed by atoms with van der Waals surface area (Å²) in [6, 6.07) is 3.52. The molecule has 0 aliphatic carbocycles. The van der Waals surface area contributed by atoms with E-state index in [9.17, 15) is 8.78 Å². The normalized spacial score (nSPS) is 10.6. The first-order valence-corrected chi connectivity index (χ1v) is 4.33. The van der Waals surface area contributed by atoms with Gasteiger partial charge in [-0.25, -0.2) is 13.8 Å². The molecule has 1 rings (SSSR count). The lowest BCUT2D eigenvalue weighted by atomic mass is 10.2. The third-order valence-electron chi connectivity index (χ3n) is 1.70. The average molecular weight is 264 g/mol. The molecule has 0 fully saturated rings. The summed E-state index contributed by atoms with van der Waals surface area (Å²) in [4.78, 5) is 7.03. The topological polar surface area (TPSA) is 103 Å². The molecule has 0 spiro atoms. The Morgan fingerprint density at radius 1 is 1.12 bits per heavy atom. The molecule has 1 aromatic carbocycles. The number of rotatable bonds is 2. The van der Waals surface area contributed by atoms with Crippen molar-refractivity contribution in [1.82, 2.24) is 0 Å². The summed E-state index contributed by atoms with van der Waals surface area (Å²) in [6.45, 7) is -0.263. The maximum Gasteiger partial charge on any atom is 0.218 e. The van der Waals surface area contributed by atoms with E-state index in [0.717, 1.165) is 12.1 Å². The molecule has 0 atom stereocenters. The largest absolute Gasteiger partial charge is 0.370 e. The van der Waals surface area contributed by atoms with Crippen molar-refractivity contribution in [3.05, 3.63) is 35.4 Å². The second kappa shape index (κ2) is 6.64. The fourth-order valence-corrected chi connectivity index (χ4v) is 1.01. The van der Waals surface area contributed by atoms with E-state index in [1.54, 1.807) is 0 Å². The highest BCUT2D eigenvalue weighted by molar-refractivity contribution is 5.92. The van der Waals surface area contributed by atoms with E-state index in [1.807, 2.05) is 0 Å². The molecule has 94 valence electrons. The van der Waals surface area contributed by atoms with Gasteiger partial charge in [0.25, 0.3) is 0 Å². The van der Waals surface area contributed by atoms with Gasteiger partial charge in [-0.1, -0.05) is 6.07 Å². The highest BCUT2D eigenvalue weighted by Crippen LogP contribution is 2.12. The van der Waals surface area contributed by atoms with Crippen LogP contribution < -0.4 is 17.2 Å². The zero-order valence-electron chi connectivity index (χ0n) is 8.73. The molecule has 0 aromatic heterocycles. The van der Waals surface area contributed by atoms with Gasteiger partial charge in [0.2, 0.25) is 5.96 Å². The molecule has 0 heterocycles. The van der Waals surface area contributed by atoms with Crippen LogP contribution in [0.5, 0.6) is 0 Å². The molecule has 0 amide bonds. The predicted molar refractivity (Wildman–Crippen MR) is 64.7 cm³/mol. The fourth-order valence-electron chi connectivity index (χ4n) is 1.01. The summed E-state index contributed by atoms with van der Waals surface area (Å²) >= 11 is 0. The number of halogens is 3. The standard InChI is InChI=1S/C9H11F2N5.ClH/c10-6-2-1-3-7(11)5(6)4-15-9(14)16-8(12)13;/h1-3H,4H2,(H6,12,13,14,15,16);1H. The molecule has 8 heteroatoms. The monoisotopic (exact) mass is 263 g/mol. The van der Waals surface area contributed by atoms with Crippen molar-refractivity contribution in [2.75, 3.05) is 0 Å². The number of nitrogens with two attached hydrogens (primary N) is 3. The van der Waals surface area contributed by atoms with Gasteiger partial charge in [0, 0.05) is 5.56 Å². The third-order valence-corrected chi connectivity index (χ3v) is 1.70. The second-order valence-electron chi connectivity index (χ2n) is 2.91. The van der Waals surface area contributed by atoms with Crippen LogP contribution >= 0.6 is 12.4 Å². The van der Waals surface area contributed by atoms with Crippen molar-refractivity contribution in [3.8, 4) is 0 Å². The maximum atomic E-state index is 13.1. The Hall–Kier alpha value is -1.89. The van der Waals surface area contributed by atoms with Crippen molar-refractivity contribution in [2.24, 2.45) is 27.2 Å². The minimum Gasteiger partial charge on any atom is -0.370 e. The molecule has 0 saturated carbocycles. The van der Waals surface area contributed by atoms with E-state index in [-0.39, 0.29) is 36.4 Å². The maximum absolute atomic E-state index is 13.1. The number of guanidine groups is 2. The molecule has 17 heavy (non-hydrogen) atoms. The van der Waals surface area contributed by atoms with Gasteiger partial charge in [-0.15, -0.1) is 12.4 Å². The molecule has 0 unspecified atom stereocenters. The van der Waals surface area contributed by atoms with Crippen molar-refractivity contribution < 1.29 is 8.78 Å². The van der Waals surface area contributed by atoms with E-state index in [4.69, 9.17) is 17.2 Å². The van der Waals surface area contributed by atoms with Crippen LogP contribution in [0.1, 0.15) is 5.56 Å². The summed E-state index contributed by atoms with van der Waals surface area (Å²) < 4.78 is 26.3. The summed E-state index contributed by atoms with van der Waals surface area (Å²) in [7, 11) is 0. The number of aliphatic imine (C=N–C) groups is 2. The lowest BCUT2D eigenvalue weighted by molar-refractivity contribution is 0.557. The lowest BCUT2D eigenvalue weighted by Gasteiger charge is -2.01. The lowest BCUT2D eigenvalue weighted by Crippen LogP contribution is -2.26. The Morgan fingerprint density at radius 2 is 1.65 bits per heavy atom. The Balaban J connectivity index is 0.00000256. The summed E-state index contributed by atoms with van der Waals surface area (Å²) in [5.74, 6) is -1.89. The van der Waals surface area contributed by atoms with Gasteiger partial charge in [0.15, 0.2) is 5.96 Å². The molecule has 0 saturated heterocycles. The van der Waals surface area contributed by atoms with Crippen molar-refractivity contribution in [3.63, 3.8) is 0 Å². The number of nitrogens with zero attached hydrogens (tertiary/aromatic N) is 2. The Kier molecular flexibility index (Phi) is 5.90. The molecule has 0 radical (unpaired) electrons. The second-order valence-corrected chi connectivity index (χ2v) is 2.91. The van der Waals surface area contributed by atoms with E-state index in [0.29, 0.717) is 0 Å². The van der Waals surface area contributed by atoms with E-state index in [2.05, 4.69) is 9.98 Å². The molecular weight excluding hydrogens is 252 g/mol. The average Bonchev–Trinajstić information content (AvgIpc) is 2.15. The quantitative estimate of drug-likeness (QED) is 0.534. The highest BCUT2D eigenvalue weighted by atomic mass is 35.5. The molecule has 0 aliphatic heterocycles. The van der Waals surface area contributed by atoms with Crippen molar-refractivity contribution in [2.45, 2.75) is 6.54 Å². The zero-order valence-corrected chi connectivity index (χ0v) is 9.55. The van der Waals surface area contributed by atoms with Crippen LogP contribution in [0.3, 0.4) is 0 Å². The molecular formula is C9H12ClF2N5. The summed E-state index contributed by atoms with van der Waals surface area (Å²) in [5, 5.41) is 0. The van der Waals surface area contributed by atoms with Gasteiger partial charge in [-0.2, -0.15) is 4.99 Å². The highest BCUT2D eigenvalue weighted by Gasteiger charge is 2.07. The van der Waals surface area contributed by atoms with Gasteiger partial charge < -0.3 is 17.2 Å². The summed E-state index contributed by atoms with van der Waals surface area (Å²) in [5.41, 5.74) is 15.2. The Labute approximate surface area is 103 Å². The first kappa shape index (κ1) is 15.1. The molecule has 5 nitrogen and oxygen atoms in total. The van der Waals surface area contributed by atoms with Gasteiger partial charge in [-0.3, -0.25) is 0 Å². The first-order chi connectivity index (χ1) is 7.50. The van der Waals surface area contributed by atoms with Crippen LogP contribution in [0.4, 0.5) is 8.78 Å². The molecule has 1 aromatic rings. The van der Waals surface area contributed by atoms with E-state index >= 15 is 0 Å². The van der Waals surface area contributed by atoms with Crippen LogP contribution in [0.25, 0.3) is 0 Å². The SMILES string of the molecule is Cl.NC(N)=NC(N)=NCc1c(F)cccc1F. The van der Waals surface area contributed by atoms with Gasteiger partial charge >= 0.3 is 0 Å². The molecule has 6 N–H and O–H groups in total. The molecule has 0 aliphatic rings. The van der Waals surface area contributed by atoms with E-state index < -0.39 is 11.6 Å². The van der Waals surface area contributed by atoms with Crippen LogP contribution in [0, 0.1) is 11.6 Å². The Bertz CT molecular complexity index is 423. The smallest absolute Gasteiger partial charge is 0.218 e. The van der Waals surface area contributed by atoms with Crippen LogP contribution in [0.2, 0.25) is 0 Å². The minimum absolute atomic E-state index is 0. The predicted octanol–water partition coefficient (Wildman–Crippen LogP) is 0.475. The van der Waals surface area contributed by atoms with Crippen LogP contribution in [-0.4, -0.2) is 11.9 Å². The summed E-state index contributed by atoms with van der Waals surface area (Å²) in [6.07, 6.45) is 0. The minimum atomic E-state index is -0.693. The zero-order chi connectivity index (χ0) is 12.1. The third kappa shape index (κ3) is 4.64. The Morgan fingerprint density at radius 3 is 2.12 bits per heavy atom. The van der Waals surface area contributed by atoms with Crippen molar-refractivity contribution >= 4 is 24.3 Å². The number of benzene rings is 1. The van der Waals surface area contributed by atoms with Crippen LogP contribution in [-0.2, 0) is 6.54 Å². The van der Waals surface area contributed by atoms with Gasteiger partial charge in [-0.05, 0) is 12.1 Å². The number of hydrogen-bond acceptors (Lipinski definition) is 1.